The van der Waals surface area contributed by atoms with Crippen LogP contribution in [0, 0.1) is 0 Å². The average Bonchev–Trinajstić information content (AvgIpc) is 2.39. The monoisotopic (exact) mass is 297 g/mol. The lowest BCUT2D eigenvalue weighted by atomic mass is 10.1. The number of rotatable bonds is 4. The van der Waals surface area contributed by atoms with Gasteiger partial charge in [-0.05, 0) is 30.7 Å². The van der Waals surface area contributed by atoms with Gasteiger partial charge in [0.2, 0.25) is 10.0 Å². The molecule has 0 spiro atoms. The highest BCUT2D eigenvalue weighted by atomic mass is 35.5. The van der Waals surface area contributed by atoms with Crippen molar-refractivity contribution >= 4 is 21.6 Å². The maximum absolute atomic E-state index is 12.2. The molecule has 0 radical (unpaired) electrons. The van der Waals surface area contributed by atoms with Crippen LogP contribution in [0.2, 0.25) is 5.02 Å². The molecular formula is C12H12ClN3O2S. The Morgan fingerprint density at radius 1 is 1.16 bits per heavy atom. The molecule has 100 valence electrons. The van der Waals surface area contributed by atoms with Crippen LogP contribution < -0.4 is 4.72 Å². The number of aromatic nitrogens is 2. The average molecular weight is 298 g/mol. The maximum Gasteiger partial charge on any atom is 0.244 e. The zero-order chi connectivity index (χ0) is 13.9. The minimum atomic E-state index is -3.70. The summed E-state index contributed by atoms with van der Waals surface area (Å²) in [7, 11) is -3.70. The van der Waals surface area contributed by atoms with Crippen LogP contribution in [0.3, 0.4) is 0 Å². The summed E-state index contributed by atoms with van der Waals surface area (Å²) in [5, 5.41) is 0.143. The van der Waals surface area contributed by atoms with E-state index in [9.17, 15) is 8.42 Å². The Bertz CT molecular complexity index is 662. The molecule has 5 nitrogen and oxygen atoms in total. The number of sulfonamides is 1. The predicted molar refractivity (Wildman–Crippen MR) is 72.2 cm³/mol. The molecule has 1 atom stereocenters. The molecule has 0 bridgehead atoms. The highest BCUT2D eigenvalue weighted by molar-refractivity contribution is 7.89. The van der Waals surface area contributed by atoms with E-state index in [0.717, 1.165) is 5.56 Å². The Morgan fingerprint density at radius 2 is 1.79 bits per heavy atom. The molecule has 1 N–H and O–H groups in total. The minimum absolute atomic E-state index is 0.0300. The van der Waals surface area contributed by atoms with Gasteiger partial charge in [-0.25, -0.2) is 13.1 Å². The number of nitrogens with one attached hydrogen (secondary N) is 1. The fourth-order valence-electron chi connectivity index (χ4n) is 1.58. The van der Waals surface area contributed by atoms with Crippen molar-refractivity contribution in [2.75, 3.05) is 0 Å². The SMILES string of the molecule is CC(NS(=O)(=O)c1cnccc1Cl)c1ccncc1. The van der Waals surface area contributed by atoms with Gasteiger partial charge in [-0.1, -0.05) is 11.6 Å². The molecule has 0 amide bonds. The fourth-order valence-corrected chi connectivity index (χ4v) is 3.24. The van der Waals surface area contributed by atoms with Crippen LogP contribution in [-0.2, 0) is 10.0 Å². The predicted octanol–water partition coefficient (Wildman–Crippen LogP) is 2.17. The van der Waals surface area contributed by atoms with Crippen LogP contribution in [0.5, 0.6) is 0 Å². The summed E-state index contributed by atoms with van der Waals surface area (Å²) in [4.78, 5) is 7.64. The van der Waals surface area contributed by atoms with Gasteiger partial charge in [-0.2, -0.15) is 0 Å². The number of hydrogen-bond acceptors (Lipinski definition) is 4. The van der Waals surface area contributed by atoms with Crippen LogP contribution in [-0.4, -0.2) is 18.4 Å². The molecule has 0 fully saturated rings. The van der Waals surface area contributed by atoms with E-state index in [1.807, 2.05) is 0 Å². The van der Waals surface area contributed by atoms with E-state index in [4.69, 9.17) is 11.6 Å². The Morgan fingerprint density at radius 3 is 2.42 bits per heavy atom. The van der Waals surface area contributed by atoms with Crippen LogP contribution in [0.1, 0.15) is 18.5 Å². The summed E-state index contributed by atoms with van der Waals surface area (Å²) in [6, 6.07) is 4.55. The molecule has 7 heteroatoms. The molecule has 2 rings (SSSR count). The molecule has 1 unspecified atom stereocenters. The van der Waals surface area contributed by atoms with Crippen molar-refractivity contribution in [3.05, 3.63) is 53.6 Å². The number of halogens is 1. The normalized spacial score (nSPS) is 13.2. The summed E-state index contributed by atoms with van der Waals surface area (Å²) in [5.74, 6) is 0. The van der Waals surface area contributed by atoms with Gasteiger partial charge in [0.15, 0.2) is 0 Å². The third-order valence-electron chi connectivity index (χ3n) is 2.56. The molecule has 2 heterocycles. The van der Waals surface area contributed by atoms with Gasteiger partial charge in [0, 0.05) is 30.8 Å². The fraction of sp³-hybridized carbons (Fsp3) is 0.167. The largest absolute Gasteiger partial charge is 0.265 e. The minimum Gasteiger partial charge on any atom is -0.265 e. The van der Waals surface area contributed by atoms with Gasteiger partial charge in [-0.3, -0.25) is 9.97 Å². The summed E-state index contributed by atoms with van der Waals surface area (Å²) in [6.45, 7) is 1.75. The lowest BCUT2D eigenvalue weighted by molar-refractivity contribution is 0.566. The van der Waals surface area contributed by atoms with Crippen molar-refractivity contribution in [3.8, 4) is 0 Å². The van der Waals surface area contributed by atoms with Gasteiger partial charge in [0.25, 0.3) is 0 Å². The summed E-state index contributed by atoms with van der Waals surface area (Å²) >= 11 is 5.87. The van der Waals surface area contributed by atoms with E-state index in [0.29, 0.717) is 0 Å². The molecule has 2 aromatic heterocycles. The van der Waals surface area contributed by atoms with Crippen molar-refractivity contribution in [2.24, 2.45) is 0 Å². The number of pyridine rings is 2. The lowest BCUT2D eigenvalue weighted by Crippen LogP contribution is -2.27. The first-order valence-corrected chi connectivity index (χ1v) is 7.38. The quantitative estimate of drug-likeness (QED) is 0.939. The van der Waals surface area contributed by atoms with E-state index in [-0.39, 0.29) is 16.0 Å². The van der Waals surface area contributed by atoms with Gasteiger partial charge in [0.1, 0.15) is 4.90 Å². The third kappa shape index (κ3) is 3.28. The van der Waals surface area contributed by atoms with E-state index in [1.54, 1.807) is 31.5 Å². The molecule has 0 aliphatic carbocycles. The first-order valence-electron chi connectivity index (χ1n) is 5.52. The zero-order valence-electron chi connectivity index (χ0n) is 10.1. The Hall–Kier alpha value is -1.50. The summed E-state index contributed by atoms with van der Waals surface area (Å²) in [6.07, 6.45) is 5.88. The van der Waals surface area contributed by atoms with Crippen LogP contribution in [0.15, 0.2) is 47.9 Å². The second-order valence-corrected chi connectivity index (χ2v) is 6.02. The second-order valence-electron chi connectivity index (χ2n) is 3.93. The highest BCUT2D eigenvalue weighted by Gasteiger charge is 2.21. The molecule has 2 aromatic rings. The van der Waals surface area contributed by atoms with Crippen LogP contribution >= 0.6 is 11.6 Å². The van der Waals surface area contributed by atoms with Gasteiger partial charge in [-0.15, -0.1) is 0 Å². The van der Waals surface area contributed by atoms with Crippen molar-refractivity contribution in [1.29, 1.82) is 0 Å². The van der Waals surface area contributed by atoms with E-state index in [1.165, 1.54) is 18.5 Å². The molecule has 0 saturated carbocycles. The van der Waals surface area contributed by atoms with E-state index >= 15 is 0 Å². The molecule has 0 aliphatic rings. The molecule has 0 saturated heterocycles. The van der Waals surface area contributed by atoms with Gasteiger partial charge in [0.05, 0.1) is 5.02 Å². The molecule has 0 aliphatic heterocycles. The third-order valence-corrected chi connectivity index (χ3v) is 4.57. The maximum atomic E-state index is 12.2. The number of nitrogens with zero attached hydrogens (tertiary/aromatic N) is 2. The smallest absolute Gasteiger partial charge is 0.244 e. The summed E-state index contributed by atoms with van der Waals surface area (Å²) in [5.41, 5.74) is 0.818. The van der Waals surface area contributed by atoms with Gasteiger partial charge >= 0.3 is 0 Å². The van der Waals surface area contributed by atoms with Crippen LogP contribution in [0.4, 0.5) is 0 Å². The topological polar surface area (TPSA) is 72.0 Å². The van der Waals surface area contributed by atoms with Crippen molar-refractivity contribution < 1.29 is 8.42 Å². The van der Waals surface area contributed by atoms with Crippen molar-refractivity contribution in [2.45, 2.75) is 17.9 Å². The molecule has 19 heavy (non-hydrogen) atoms. The van der Waals surface area contributed by atoms with Gasteiger partial charge < -0.3 is 0 Å². The van der Waals surface area contributed by atoms with E-state index < -0.39 is 10.0 Å². The Kier molecular flexibility index (Phi) is 4.14. The van der Waals surface area contributed by atoms with Crippen molar-refractivity contribution in [3.63, 3.8) is 0 Å². The first-order chi connectivity index (χ1) is 9.00. The van der Waals surface area contributed by atoms with E-state index in [2.05, 4.69) is 14.7 Å². The van der Waals surface area contributed by atoms with Crippen LogP contribution in [0.25, 0.3) is 0 Å². The molecule has 0 aromatic carbocycles. The highest BCUT2D eigenvalue weighted by Crippen LogP contribution is 2.21. The second kappa shape index (κ2) is 5.64. The molecular weight excluding hydrogens is 286 g/mol. The first kappa shape index (κ1) is 13.9. The Balaban J connectivity index is 2.26. The standard InChI is InChI=1S/C12H12ClN3O2S/c1-9(10-2-5-14-6-3-10)16-19(17,18)12-8-15-7-4-11(12)13/h2-9,16H,1H3. The zero-order valence-corrected chi connectivity index (χ0v) is 11.7. The van der Waals surface area contributed by atoms with Crippen molar-refractivity contribution in [1.82, 2.24) is 14.7 Å². The lowest BCUT2D eigenvalue weighted by Gasteiger charge is -2.14. The number of hydrogen-bond donors (Lipinski definition) is 1. The summed E-state index contributed by atoms with van der Waals surface area (Å²) < 4.78 is 26.9. The Labute approximate surface area is 116 Å².